The maximum atomic E-state index is 10.4. The highest BCUT2D eigenvalue weighted by atomic mass is 16.4. The van der Waals surface area contributed by atoms with Gasteiger partial charge in [0, 0.05) is 6.54 Å². The Morgan fingerprint density at radius 1 is 1.33 bits per heavy atom. The summed E-state index contributed by atoms with van der Waals surface area (Å²) in [7, 11) is 0. The summed E-state index contributed by atoms with van der Waals surface area (Å²) in [5, 5.41) is 8.53. The number of aliphatic imine (C=N–C) groups is 1. The molecule has 0 saturated carbocycles. The zero-order chi connectivity index (χ0) is 9.40. The van der Waals surface area contributed by atoms with Crippen molar-refractivity contribution in [2.45, 2.75) is 39.5 Å². The molecule has 1 heterocycles. The van der Waals surface area contributed by atoms with Crippen molar-refractivity contribution >= 4 is 11.7 Å². The molecule has 0 atom stereocenters. The van der Waals surface area contributed by atoms with E-state index in [-0.39, 0.29) is 0 Å². The van der Waals surface area contributed by atoms with E-state index < -0.39 is 5.97 Å². The number of carboxylic acids is 1. The van der Waals surface area contributed by atoms with Crippen LogP contribution in [0.4, 0.5) is 0 Å². The van der Waals surface area contributed by atoms with Crippen LogP contribution in [0, 0.1) is 0 Å². The van der Waals surface area contributed by atoms with Crippen LogP contribution in [0.1, 0.15) is 39.5 Å². The predicted molar refractivity (Wildman–Crippen MR) is 49.8 cm³/mol. The van der Waals surface area contributed by atoms with Gasteiger partial charge in [0.05, 0.1) is 0 Å². The highest BCUT2D eigenvalue weighted by Crippen LogP contribution is 2.06. The van der Waals surface area contributed by atoms with E-state index in [1.807, 2.05) is 13.8 Å². The lowest BCUT2D eigenvalue weighted by molar-refractivity contribution is -0.129. The van der Waals surface area contributed by atoms with E-state index in [1.165, 1.54) is 0 Å². The Morgan fingerprint density at radius 2 is 2.00 bits per heavy atom. The summed E-state index contributed by atoms with van der Waals surface area (Å²) in [6.45, 7) is 4.70. The molecule has 1 N–H and O–H groups in total. The highest BCUT2D eigenvalue weighted by molar-refractivity contribution is 6.35. The zero-order valence-electron chi connectivity index (χ0n) is 7.84. The first-order valence-corrected chi connectivity index (χ1v) is 4.57. The molecule has 0 aliphatic carbocycles. The molecule has 0 radical (unpaired) electrons. The quantitative estimate of drug-likeness (QED) is 0.657. The van der Waals surface area contributed by atoms with Gasteiger partial charge in [0.1, 0.15) is 5.71 Å². The molecule has 0 amide bonds. The monoisotopic (exact) mass is 171 g/mol. The van der Waals surface area contributed by atoms with Crippen molar-refractivity contribution in [1.29, 1.82) is 0 Å². The number of carboxylic acid groups (broad SMARTS) is 1. The van der Waals surface area contributed by atoms with Crippen LogP contribution in [0.5, 0.6) is 0 Å². The van der Waals surface area contributed by atoms with E-state index in [9.17, 15) is 4.79 Å². The smallest absolute Gasteiger partial charge is 0.349 e. The van der Waals surface area contributed by atoms with Gasteiger partial charge in [-0.15, -0.1) is 0 Å². The van der Waals surface area contributed by atoms with Crippen molar-refractivity contribution in [1.82, 2.24) is 0 Å². The Labute approximate surface area is 73.5 Å². The van der Waals surface area contributed by atoms with E-state index in [2.05, 4.69) is 4.99 Å². The first-order chi connectivity index (χ1) is 5.80. The molecule has 0 unspecified atom stereocenters. The van der Waals surface area contributed by atoms with Crippen molar-refractivity contribution < 1.29 is 9.90 Å². The Balaban J connectivity index is 0.000000561. The molecular formula is C9H17NO2. The highest BCUT2D eigenvalue weighted by Gasteiger charge is 2.10. The summed E-state index contributed by atoms with van der Waals surface area (Å²) in [6, 6.07) is 0. The van der Waals surface area contributed by atoms with Crippen LogP contribution in [0.3, 0.4) is 0 Å². The first-order valence-electron chi connectivity index (χ1n) is 4.57. The van der Waals surface area contributed by atoms with Crippen molar-refractivity contribution in [3.63, 3.8) is 0 Å². The number of rotatable bonds is 1. The summed E-state index contributed by atoms with van der Waals surface area (Å²) in [4.78, 5) is 14.3. The average Bonchev–Trinajstić information content (AvgIpc) is 2.35. The molecule has 0 aromatic heterocycles. The second kappa shape index (κ2) is 6.83. The number of hydrogen-bond acceptors (Lipinski definition) is 2. The Morgan fingerprint density at radius 3 is 2.58 bits per heavy atom. The van der Waals surface area contributed by atoms with Crippen LogP contribution in [0.15, 0.2) is 4.99 Å². The Bertz CT molecular complexity index is 164. The zero-order valence-corrected chi connectivity index (χ0v) is 7.84. The molecule has 0 fully saturated rings. The lowest BCUT2D eigenvalue weighted by Gasteiger charge is -1.93. The lowest BCUT2D eigenvalue weighted by atomic mass is 10.1. The minimum atomic E-state index is -0.845. The summed E-state index contributed by atoms with van der Waals surface area (Å²) >= 11 is 0. The second-order valence-corrected chi connectivity index (χ2v) is 2.44. The summed E-state index contributed by atoms with van der Waals surface area (Å²) < 4.78 is 0. The number of carbonyl (C=O) groups is 1. The molecule has 1 aliphatic heterocycles. The van der Waals surface area contributed by atoms with Gasteiger partial charge >= 0.3 is 5.97 Å². The van der Waals surface area contributed by atoms with E-state index in [1.54, 1.807) is 0 Å². The van der Waals surface area contributed by atoms with Crippen molar-refractivity contribution in [2.24, 2.45) is 4.99 Å². The van der Waals surface area contributed by atoms with Crippen molar-refractivity contribution in [2.75, 3.05) is 6.54 Å². The van der Waals surface area contributed by atoms with Gasteiger partial charge in [0.25, 0.3) is 0 Å². The molecule has 0 bridgehead atoms. The molecule has 3 nitrogen and oxygen atoms in total. The van der Waals surface area contributed by atoms with Crippen LogP contribution >= 0.6 is 0 Å². The number of nitrogens with zero attached hydrogens (tertiary/aromatic N) is 1. The molecule has 70 valence electrons. The van der Waals surface area contributed by atoms with Gasteiger partial charge in [0.15, 0.2) is 0 Å². The molecule has 3 heteroatoms. The molecule has 0 spiro atoms. The third kappa shape index (κ3) is 4.11. The molecule has 1 rings (SSSR count). The maximum Gasteiger partial charge on any atom is 0.349 e. The van der Waals surface area contributed by atoms with E-state index in [4.69, 9.17) is 5.11 Å². The van der Waals surface area contributed by atoms with E-state index in [0.717, 1.165) is 19.3 Å². The van der Waals surface area contributed by atoms with Crippen LogP contribution in [0.2, 0.25) is 0 Å². The predicted octanol–water partition coefficient (Wildman–Crippen LogP) is 2.11. The molecular weight excluding hydrogens is 154 g/mol. The molecule has 0 aromatic carbocycles. The van der Waals surface area contributed by atoms with Crippen molar-refractivity contribution in [3.8, 4) is 0 Å². The van der Waals surface area contributed by atoms with Crippen molar-refractivity contribution in [3.05, 3.63) is 0 Å². The standard InChI is InChI=1S/C7H11NO2.C2H6/c9-7(10)6-4-2-1-3-5-8-6;1-2/h1-5H2,(H,9,10);1-2H3. The molecule has 12 heavy (non-hydrogen) atoms. The fourth-order valence-corrected chi connectivity index (χ4v) is 1.05. The van der Waals surface area contributed by atoms with Gasteiger partial charge in [-0.05, 0) is 19.3 Å². The lowest BCUT2D eigenvalue weighted by Crippen LogP contribution is -2.11. The number of aliphatic carboxylic acids is 1. The number of hydrogen-bond donors (Lipinski definition) is 1. The molecule has 0 saturated heterocycles. The van der Waals surface area contributed by atoms with E-state index in [0.29, 0.717) is 18.7 Å². The Kier molecular flexibility index (Phi) is 6.34. The van der Waals surface area contributed by atoms with Gasteiger partial charge in [0.2, 0.25) is 0 Å². The van der Waals surface area contributed by atoms with Gasteiger partial charge < -0.3 is 5.11 Å². The topological polar surface area (TPSA) is 49.7 Å². The largest absolute Gasteiger partial charge is 0.477 e. The van der Waals surface area contributed by atoms with E-state index >= 15 is 0 Å². The van der Waals surface area contributed by atoms with Crippen LogP contribution in [-0.2, 0) is 4.79 Å². The van der Waals surface area contributed by atoms with Crippen LogP contribution in [-0.4, -0.2) is 23.3 Å². The summed E-state index contributed by atoms with van der Waals surface area (Å²) in [5.41, 5.74) is 0.359. The Hall–Kier alpha value is -0.860. The van der Waals surface area contributed by atoms with Crippen LogP contribution in [0.25, 0.3) is 0 Å². The fourth-order valence-electron chi connectivity index (χ4n) is 1.05. The minimum Gasteiger partial charge on any atom is -0.477 e. The maximum absolute atomic E-state index is 10.4. The molecule has 0 aromatic rings. The van der Waals surface area contributed by atoms with Gasteiger partial charge in [-0.3, -0.25) is 4.99 Å². The third-order valence-corrected chi connectivity index (χ3v) is 1.62. The normalized spacial score (nSPS) is 16.7. The third-order valence-electron chi connectivity index (χ3n) is 1.62. The summed E-state index contributed by atoms with van der Waals surface area (Å²) in [5.74, 6) is -0.845. The second-order valence-electron chi connectivity index (χ2n) is 2.44. The fraction of sp³-hybridized carbons (Fsp3) is 0.778. The SMILES string of the molecule is CC.O=C(O)C1=NCCCCC1. The molecule has 1 aliphatic rings. The first kappa shape index (κ1) is 11.1. The summed E-state index contributed by atoms with van der Waals surface area (Å²) in [6.07, 6.45) is 3.78. The van der Waals surface area contributed by atoms with Gasteiger partial charge in [-0.25, -0.2) is 4.79 Å². The average molecular weight is 171 g/mol. The van der Waals surface area contributed by atoms with Crippen LogP contribution < -0.4 is 0 Å². The minimum absolute atomic E-state index is 0.359. The van der Waals surface area contributed by atoms with Gasteiger partial charge in [-0.1, -0.05) is 20.3 Å². The van der Waals surface area contributed by atoms with Gasteiger partial charge in [-0.2, -0.15) is 0 Å².